The Hall–Kier alpha value is -2.64. The van der Waals surface area contributed by atoms with Gasteiger partial charge >= 0.3 is 0 Å². The number of anilines is 1. The van der Waals surface area contributed by atoms with Gasteiger partial charge in [0.15, 0.2) is 0 Å². The largest absolute Gasteiger partial charge is 0.497 e. The van der Waals surface area contributed by atoms with Crippen molar-refractivity contribution < 1.29 is 9.53 Å². The summed E-state index contributed by atoms with van der Waals surface area (Å²) in [5.74, 6) is 1.73. The molecule has 0 unspecified atom stereocenters. The van der Waals surface area contributed by atoms with Gasteiger partial charge in [-0.2, -0.15) is 0 Å². The zero-order chi connectivity index (χ0) is 16.9. The Bertz CT molecular complexity index is 676. The highest BCUT2D eigenvalue weighted by molar-refractivity contribution is 5.78. The molecule has 3 rings (SSSR count). The number of aromatic nitrogens is 4. The van der Waals surface area contributed by atoms with E-state index in [0.29, 0.717) is 6.54 Å². The summed E-state index contributed by atoms with van der Waals surface area (Å²) >= 11 is 0. The summed E-state index contributed by atoms with van der Waals surface area (Å²) in [6.45, 7) is 2.11. The van der Waals surface area contributed by atoms with Crippen LogP contribution in [-0.2, 0) is 18.4 Å². The van der Waals surface area contributed by atoms with Gasteiger partial charge in [-0.3, -0.25) is 4.79 Å². The molecule has 1 fully saturated rings. The maximum Gasteiger partial charge on any atom is 0.245 e. The Balaban J connectivity index is 1.47. The summed E-state index contributed by atoms with van der Waals surface area (Å²) in [5.41, 5.74) is 1.06. The van der Waals surface area contributed by atoms with Gasteiger partial charge in [0.2, 0.25) is 11.9 Å². The minimum atomic E-state index is 0.0423. The maximum atomic E-state index is 12.4. The summed E-state index contributed by atoms with van der Waals surface area (Å²) in [4.78, 5) is 14.5. The smallest absolute Gasteiger partial charge is 0.245 e. The molecule has 1 aromatic carbocycles. The average Bonchev–Trinajstić information content (AvgIpc) is 3.06. The first-order chi connectivity index (χ1) is 11.7. The Morgan fingerprint density at radius 3 is 2.58 bits per heavy atom. The Labute approximate surface area is 140 Å². The first-order valence-electron chi connectivity index (χ1n) is 8.05. The molecule has 8 nitrogen and oxygen atoms in total. The number of tetrazole rings is 1. The fourth-order valence-corrected chi connectivity index (χ4v) is 2.91. The molecule has 1 aliphatic rings. The van der Waals surface area contributed by atoms with Crippen LogP contribution in [0, 0.1) is 5.92 Å². The standard InChI is InChI=1S/C16H22N6O2/c1-21-16(18-19-20-21)22-9-7-13(8-10-22)15(23)17-11-12-3-5-14(24-2)6-4-12/h3-6,13H,7-11H2,1-2H3,(H,17,23). The van der Waals surface area contributed by atoms with E-state index in [1.807, 2.05) is 31.3 Å². The number of ether oxygens (including phenoxy) is 1. The van der Waals surface area contributed by atoms with E-state index >= 15 is 0 Å². The van der Waals surface area contributed by atoms with Gasteiger partial charge in [0, 0.05) is 32.6 Å². The number of nitrogens with zero attached hydrogens (tertiary/aromatic N) is 5. The SMILES string of the molecule is COc1ccc(CNC(=O)C2CCN(c3nnnn3C)CC2)cc1. The summed E-state index contributed by atoms with van der Waals surface area (Å²) in [7, 11) is 3.46. The molecular formula is C16H22N6O2. The Morgan fingerprint density at radius 2 is 2.00 bits per heavy atom. The zero-order valence-electron chi connectivity index (χ0n) is 14.0. The number of nitrogens with one attached hydrogen (secondary N) is 1. The van der Waals surface area contributed by atoms with Crippen LogP contribution in [-0.4, -0.2) is 46.3 Å². The van der Waals surface area contributed by atoms with Crippen molar-refractivity contribution >= 4 is 11.9 Å². The highest BCUT2D eigenvalue weighted by Crippen LogP contribution is 2.21. The van der Waals surface area contributed by atoms with Crippen molar-refractivity contribution in [3.63, 3.8) is 0 Å². The molecule has 0 saturated carbocycles. The van der Waals surface area contributed by atoms with Crippen molar-refractivity contribution in [2.45, 2.75) is 19.4 Å². The molecule has 8 heteroatoms. The second kappa shape index (κ2) is 7.29. The van der Waals surface area contributed by atoms with Crippen LogP contribution in [0.2, 0.25) is 0 Å². The lowest BCUT2D eigenvalue weighted by Gasteiger charge is -2.31. The van der Waals surface area contributed by atoms with Crippen molar-refractivity contribution in [1.82, 2.24) is 25.5 Å². The second-order valence-electron chi connectivity index (χ2n) is 5.93. The van der Waals surface area contributed by atoms with Crippen LogP contribution in [0.15, 0.2) is 24.3 Å². The molecular weight excluding hydrogens is 308 g/mol. The molecule has 0 atom stereocenters. The lowest BCUT2D eigenvalue weighted by atomic mass is 9.96. The number of hydrogen-bond donors (Lipinski definition) is 1. The third-order valence-electron chi connectivity index (χ3n) is 4.37. The summed E-state index contributed by atoms with van der Waals surface area (Å²) < 4.78 is 6.79. The fourth-order valence-electron chi connectivity index (χ4n) is 2.91. The Kier molecular flexibility index (Phi) is 4.93. The highest BCUT2D eigenvalue weighted by atomic mass is 16.5. The number of carbonyl (C=O) groups is 1. The van der Waals surface area contributed by atoms with Crippen LogP contribution in [0.5, 0.6) is 5.75 Å². The van der Waals surface area contributed by atoms with E-state index in [0.717, 1.165) is 43.2 Å². The van der Waals surface area contributed by atoms with Gasteiger partial charge in [-0.25, -0.2) is 4.68 Å². The normalized spacial score (nSPS) is 15.3. The van der Waals surface area contributed by atoms with Crippen LogP contribution in [0.4, 0.5) is 5.95 Å². The monoisotopic (exact) mass is 330 g/mol. The van der Waals surface area contributed by atoms with Gasteiger partial charge in [-0.15, -0.1) is 0 Å². The third kappa shape index (κ3) is 3.64. The van der Waals surface area contributed by atoms with Gasteiger partial charge in [0.05, 0.1) is 7.11 Å². The molecule has 0 aliphatic carbocycles. The summed E-state index contributed by atoms with van der Waals surface area (Å²) in [5, 5.41) is 14.5. The molecule has 24 heavy (non-hydrogen) atoms. The number of benzene rings is 1. The lowest BCUT2D eigenvalue weighted by Crippen LogP contribution is -2.41. The fraction of sp³-hybridized carbons (Fsp3) is 0.500. The predicted octanol–water partition coefficient (Wildman–Crippen LogP) is 0.751. The highest BCUT2D eigenvalue weighted by Gasteiger charge is 2.26. The second-order valence-corrected chi connectivity index (χ2v) is 5.93. The van der Waals surface area contributed by atoms with E-state index in [9.17, 15) is 4.79 Å². The van der Waals surface area contributed by atoms with Gasteiger partial charge < -0.3 is 15.0 Å². The molecule has 0 bridgehead atoms. The van der Waals surface area contributed by atoms with Crippen molar-refractivity contribution in [3.8, 4) is 5.75 Å². The first-order valence-corrected chi connectivity index (χ1v) is 8.05. The van der Waals surface area contributed by atoms with Gasteiger partial charge in [-0.1, -0.05) is 17.2 Å². The minimum absolute atomic E-state index is 0.0423. The number of amides is 1. The van der Waals surface area contributed by atoms with Gasteiger partial charge in [0.1, 0.15) is 5.75 Å². The molecule has 0 spiro atoms. The average molecular weight is 330 g/mol. The molecule has 2 aromatic rings. The molecule has 1 aliphatic heterocycles. The molecule has 2 heterocycles. The molecule has 1 amide bonds. The molecule has 1 saturated heterocycles. The number of rotatable bonds is 5. The topological polar surface area (TPSA) is 85.2 Å². The molecule has 128 valence electrons. The number of piperidine rings is 1. The van der Waals surface area contributed by atoms with Crippen LogP contribution in [0.1, 0.15) is 18.4 Å². The van der Waals surface area contributed by atoms with E-state index in [-0.39, 0.29) is 11.8 Å². The summed E-state index contributed by atoms with van der Waals surface area (Å²) in [6, 6.07) is 7.72. The van der Waals surface area contributed by atoms with E-state index in [2.05, 4.69) is 25.7 Å². The van der Waals surface area contributed by atoms with E-state index in [4.69, 9.17) is 4.74 Å². The first kappa shape index (κ1) is 16.2. The zero-order valence-corrected chi connectivity index (χ0v) is 14.0. The van der Waals surface area contributed by atoms with Crippen molar-refractivity contribution in [3.05, 3.63) is 29.8 Å². The number of methoxy groups -OCH3 is 1. The summed E-state index contributed by atoms with van der Waals surface area (Å²) in [6.07, 6.45) is 1.61. The number of aryl methyl sites for hydroxylation is 1. The van der Waals surface area contributed by atoms with Crippen molar-refractivity contribution in [2.75, 3.05) is 25.1 Å². The predicted molar refractivity (Wildman–Crippen MR) is 88.6 cm³/mol. The van der Waals surface area contributed by atoms with E-state index in [1.165, 1.54) is 0 Å². The molecule has 1 aromatic heterocycles. The van der Waals surface area contributed by atoms with Crippen LogP contribution in [0.3, 0.4) is 0 Å². The third-order valence-corrected chi connectivity index (χ3v) is 4.37. The minimum Gasteiger partial charge on any atom is -0.497 e. The molecule has 0 radical (unpaired) electrons. The Morgan fingerprint density at radius 1 is 1.29 bits per heavy atom. The lowest BCUT2D eigenvalue weighted by molar-refractivity contribution is -0.125. The van der Waals surface area contributed by atoms with Crippen molar-refractivity contribution in [1.29, 1.82) is 0 Å². The van der Waals surface area contributed by atoms with Crippen LogP contribution >= 0.6 is 0 Å². The van der Waals surface area contributed by atoms with Crippen LogP contribution in [0.25, 0.3) is 0 Å². The van der Waals surface area contributed by atoms with Gasteiger partial charge in [0.25, 0.3) is 0 Å². The van der Waals surface area contributed by atoms with Crippen LogP contribution < -0.4 is 15.0 Å². The molecule has 1 N–H and O–H groups in total. The quantitative estimate of drug-likeness (QED) is 0.871. The maximum absolute atomic E-state index is 12.4. The van der Waals surface area contributed by atoms with Gasteiger partial charge in [-0.05, 0) is 41.0 Å². The van der Waals surface area contributed by atoms with Crippen molar-refractivity contribution in [2.24, 2.45) is 13.0 Å². The number of carbonyl (C=O) groups excluding carboxylic acids is 1. The van der Waals surface area contributed by atoms with E-state index in [1.54, 1.807) is 11.8 Å². The number of hydrogen-bond acceptors (Lipinski definition) is 6. The van der Waals surface area contributed by atoms with E-state index < -0.39 is 0 Å².